The van der Waals surface area contributed by atoms with Crippen LogP contribution in [0.15, 0.2) is 12.4 Å². The normalized spacial score (nSPS) is 9.92. The molecule has 0 aliphatic rings. The lowest BCUT2D eigenvalue weighted by molar-refractivity contribution is -0.122. The molecule has 0 aromatic carbocycles. The molecule has 72 valence electrons. The second-order valence-electron chi connectivity index (χ2n) is 2.54. The lowest BCUT2D eigenvalue weighted by atomic mass is 10.5. The van der Waals surface area contributed by atoms with Gasteiger partial charge in [-0.3, -0.25) is 9.48 Å². The quantitative estimate of drug-likeness (QED) is 0.535. The van der Waals surface area contributed by atoms with Crippen molar-refractivity contribution in [3.8, 4) is 0 Å². The number of aliphatic hydroxyl groups is 1. The fourth-order valence-electron chi connectivity index (χ4n) is 0.864. The number of anilines is 1. The molecule has 0 spiro atoms. The van der Waals surface area contributed by atoms with E-state index in [1.165, 1.54) is 10.9 Å². The largest absolute Gasteiger partial charge is 0.396 e. The number of aliphatic hydroxyl groups excluding tert-OH is 1. The molecule has 1 aromatic rings. The molecule has 0 bridgehead atoms. The van der Waals surface area contributed by atoms with E-state index >= 15 is 0 Å². The Morgan fingerprint density at radius 3 is 3.08 bits per heavy atom. The zero-order valence-electron chi connectivity index (χ0n) is 7.10. The first-order valence-electron chi connectivity index (χ1n) is 3.88. The van der Waals surface area contributed by atoms with Crippen LogP contribution in [0.5, 0.6) is 0 Å². The van der Waals surface area contributed by atoms with Gasteiger partial charge in [0.15, 0.2) is 0 Å². The smallest absolute Gasteiger partial charge is 0.241 e. The Hall–Kier alpha value is -1.56. The SMILES string of the molecule is Nc1cnn(CC(=O)NCCO)c1. The summed E-state index contributed by atoms with van der Waals surface area (Å²) in [4.78, 5) is 11.1. The van der Waals surface area contributed by atoms with Gasteiger partial charge in [-0.15, -0.1) is 0 Å². The maximum atomic E-state index is 11.1. The lowest BCUT2D eigenvalue weighted by Crippen LogP contribution is -2.30. The van der Waals surface area contributed by atoms with E-state index in [0.29, 0.717) is 5.69 Å². The zero-order valence-corrected chi connectivity index (χ0v) is 7.10. The van der Waals surface area contributed by atoms with Gasteiger partial charge in [0.25, 0.3) is 0 Å². The van der Waals surface area contributed by atoms with E-state index in [0.717, 1.165) is 0 Å². The van der Waals surface area contributed by atoms with Crippen molar-refractivity contribution in [1.82, 2.24) is 15.1 Å². The van der Waals surface area contributed by atoms with Gasteiger partial charge in [0.1, 0.15) is 6.54 Å². The van der Waals surface area contributed by atoms with Crippen LogP contribution in [0, 0.1) is 0 Å². The molecule has 0 fully saturated rings. The van der Waals surface area contributed by atoms with E-state index in [9.17, 15) is 4.79 Å². The molecule has 6 heteroatoms. The first-order valence-corrected chi connectivity index (χ1v) is 3.88. The van der Waals surface area contributed by atoms with E-state index in [1.807, 2.05) is 0 Å². The molecular formula is C7H12N4O2. The van der Waals surface area contributed by atoms with Crippen LogP contribution in [-0.4, -0.2) is 33.9 Å². The second kappa shape index (κ2) is 4.46. The van der Waals surface area contributed by atoms with Crippen molar-refractivity contribution in [3.05, 3.63) is 12.4 Å². The minimum atomic E-state index is -0.197. The van der Waals surface area contributed by atoms with Crippen molar-refractivity contribution >= 4 is 11.6 Å². The molecule has 4 N–H and O–H groups in total. The van der Waals surface area contributed by atoms with Crippen molar-refractivity contribution in [2.24, 2.45) is 0 Å². The maximum absolute atomic E-state index is 11.1. The topological polar surface area (TPSA) is 93.2 Å². The van der Waals surface area contributed by atoms with Crippen LogP contribution in [0.3, 0.4) is 0 Å². The molecule has 0 saturated carbocycles. The first-order chi connectivity index (χ1) is 6.22. The van der Waals surface area contributed by atoms with E-state index in [2.05, 4.69) is 10.4 Å². The van der Waals surface area contributed by atoms with Crippen LogP contribution >= 0.6 is 0 Å². The van der Waals surface area contributed by atoms with E-state index < -0.39 is 0 Å². The predicted molar refractivity (Wildman–Crippen MR) is 46.7 cm³/mol. The number of nitrogens with one attached hydrogen (secondary N) is 1. The summed E-state index contributed by atoms with van der Waals surface area (Å²) in [6, 6.07) is 0. The number of carbonyl (C=O) groups excluding carboxylic acids is 1. The van der Waals surface area contributed by atoms with Gasteiger partial charge in [-0.2, -0.15) is 5.10 Å². The standard InChI is InChI=1S/C7H12N4O2/c8-6-3-10-11(4-6)5-7(13)9-1-2-12/h3-4,12H,1-2,5,8H2,(H,9,13). The zero-order chi connectivity index (χ0) is 9.68. The summed E-state index contributed by atoms with van der Waals surface area (Å²) in [5.74, 6) is -0.197. The highest BCUT2D eigenvalue weighted by molar-refractivity contribution is 5.75. The van der Waals surface area contributed by atoms with Gasteiger partial charge >= 0.3 is 0 Å². The van der Waals surface area contributed by atoms with Crippen molar-refractivity contribution in [2.45, 2.75) is 6.54 Å². The Balaban J connectivity index is 2.36. The van der Waals surface area contributed by atoms with E-state index in [1.54, 1.807) is 6.20 Å². The van der Waals surface area contributed by atoms with Gasteiger partial charge in [-0.1, -0.05) is 0 Å². The molecule has 1 aromatic heterocycles. The number of hydrogen-bond donors (Lipinski definition) is 3. The van der Waals surface area contributed by atoms with Crippen molar-refractivity contribution in [3.63, 3.8) is 0 Å². The van der Waals surface area contributed by atoms with Gasteiger partial charge in [-0.25, -0.2) is 0 Å². The Kier molecular flexibility index (Phi) is 3.27. The van der Waals surface area contributed by atoms with Gasteiger partial charge in [0.2, 0.25) is 5.91 Å². The van der Waals surface area contributed by atoms with Crippen LogP contribution in [-0.2, 0) is 11.3 Å². The minimum Gasteiger partial charge on any atom is -0.396 e. The van der Waals surface area contributed by atoms with Gasteiger partial charge in [0.05, 0.1) is 18.5 Å². The summed E-state index contributed by atoms with van der Waals surface area (Å²) in [5, 5.41) is 14.8. The third-order valence-electron chi connectivity index (χ3n) is 1.39. The van der Waals surface area contributed by atoms with Crippen LogP contribution in [0.1, 0.15) is 0 Å². The lowest BCUT2D eigenvalue weighted by Gasteiger charge is -2.02. The molecule has 1 amide bonds. The Labute approximate surface area is 75.3 Å². The Bertz CT molecular complexity index is 284. The highest BCUT2D eigenvalue weighted by Gasteiger charge is 2.01. The highest BCUT2D eigenvalue weighted by Crippen LogP contribution is 1.96. The number of nitrogens with two attached hydrogens (primary N) is 1. The van der Waals surface area contributed by atoms with Crippen molar-refractivity contribution in [2.75, 3.05) is 18.9 Å². The second-order valence-corrected chi connectivity index (χ2v) is 2.54. The summed E-state index contributed by atoms with van der Waals surface area (Å²) >= 11 is 0. The van der Waals surface area contributed by atoms with Crippen molar-refractivity contribution in [1.29, 1.82) is 0 Å². The number of rotatable bonds is 4. The van der Waals surface area contributed by atoms with Crippen LogP contribution in [0.25, 0.3) is 0 Å². The van der Waals surface area contributed by atoms with Gasteiger partial charge in [0, 0.05) is 12.7 Å². The fourth-order valence-corrected chi connectivity index (χ4v) is 0.864. The molecule has 0 radical (unpaired) electrons. The molecule has 6 nitrogen and oxygen atoms in total. The summed E-state index contributed by atoms with van der Waals surface area (Å²) in [7, 11) is 0. The monoisotopic (exact) mass is 184 g/mol. The number of amides is 1. The van der Waals surface area contributed by atoms with Crippen LogP contribution in [0.2, 0.25) is 0 Å². The van der Waals surface area contributed by atoms with Gasteiger partial charge in [-0.05, 0) is 0 Å². The van der Waals surface area contributed by atoms with Crippen molar-refractivity contribution < 1.29 is 9.90 Å². The Morgan fingerprint density at radius 2 is 2.54 bits per heavy atom. The minimum absolute atomic E-state index is 0.0625. The van der Waals surface area contributed by atoms with Crippen LogP contribution in [0.4, 0.5) is 5.69 Å². The molecule has 0 aliphatic carbocycles. The molecule has 0 aliphatic heterocycles. The number of carbonyl (C=O) groups is 1. The number of nitrogen functional groups attached to an aromatic ring is 1. The average Bonchev–Trinajstić information content (AvgIpc) is 2.48. The van der Waals surface area contributed by atoms with Crippen LogP contribution < -0.4 is 11.1 Å². The average molecular weight is 184 g/mol. The Morgan fingerprint density at radius 1 is 1.77 bits per heavy atom. The summed E-state index contributed by atoms with van der Waals surface area (Å²) in [6.07, 6.45) is 3.04. The molecule has 1 heterocycles. The fraction of sp³-hybridized carbons (Fsp3) is 0.429. The van der Waals surface area contributed by atoms with E-state index in [-0.39, 0.29) is 25.6 Å². The summed E-state index contributed by atoms with van der Waals surface area (Å²) in [6.45, 7) is 0.319. The number of nitrogens with zero attached hydrogens (tertiary/aromatic N) is 2. The molecule has 0 saturated heterocycles. The molecule has 0 atom stereocenters. The molecule has 1 rings (SSSR count). The highest BCUT2D eigenvalue weighted by atomic mass is 16.3. The third-order valence-corrected chi connectivity index (χ3v) is 1.39. The van der Waals surface area contributed by atoms with E-state index in [4.69, 9.17) is 10.8 Å². The number of aromatic nitrogens is 2. The summed E-state index contributed by atoms with van der Waals surface area (Å²) in [5.41, 5.74) is 5.92. The number of hydrogen-bond acceptors (Lipinski definition) is 4. The first kappa shape index (κ1) is 9.53. The molecular weight excluding hydrogens is 172 g/mol. The summed E-state index contributed by atoms with van der Waals surface area (Å²) < 4.78 is 1.43. The molecule has 0 unspecified atom stereocenters. The van der Waals surface area contributed by atoms with Gasteiger partial charge < -0.3 is 16.2 Å². The maximum Gasteiger partial charge on any atom is 0.241 e. The molecule has 13 heavy (non-hydrogen) atoms. The predicted octanol–water partition coefficient (Wildman–Crippen LogP) is -1.43. The third kappa shape index (κ3) is 3.12.